The minimum absolute atomic E-state index is 0.757. The molecular formula is C61H44N2O2. The van der Waals surface area contributed by atoms with Gasteiger partial charge in [-0.15, -0.1) is 0 Å². The van der Waals surface area contributed by atoms with E-state index < -0.39 is 0 Å². The molecule has 0 spiro atoms. The molecule has 4 nitrogen and oxygen atoms in total. The largest absolute Gasteiger partial charge is 0.496 e. The molecule has 8 aromatic carbocycles. The Morgan fingerprint density at radius 2 is 1.06 bits per heavy atom. The highest BCUT2D eigenvalue weighted by atomic mass is 16.5. The van der Waals surface area contributed by atoms with Gasteiger partial charge in [0.1, 0.15) is 5.75 Å². The first-order chi connectivity index (χ1) is 32.2. The summed E-state index contributed by atoms with van der Waals surface area (Å²) in [7, 11) is 1.73. The number of fused-ring (bicyclic) bond motifs is 3. The number of methoxy groups -OCH3 is 1. The third-order valence-corrected chi connectivity index (χ3v) is 12.3. The van der Waals surface area contributed by atoms with Crippen LogP contribution in [0.4, 0.5) is 28.4 Å². The number of hydrogen-bond acceptors (Lipinski definition) is 4. The van der Waals surface area contributed by atoms with Gasteiger partial charge in [-0.3, -0.25) is 0 Å². The summed E-state index contributed by atoms with van der Waals surface area (Å²) in [6.07, 6.45) is 12.5. The second-order valence-corrected chi connectivity index (χ2v) is 16.2. The summed E-state index contributed by atoms with van der Waals surface area (Å²) in [6.45, 7) is 0. The topological polar surface area (TPSA) is 28.9 Å². The molecule has 1 heterocycles. The van der Waals surface area contributed by atoms with Gasteiger partial charge in [-0.2, -0.15) is 0 Å². The van der Waals surface area contributed by atoms with E-state index in [0.717, 1.165) is 102 Å². The van der Waals surface area contributed by atoms with Crippen LogP contribution >= 0.6 is 0 Å². The summed E-state index contributed by atoms with van der Waals surface area (Å²) in [4.78, 5) is 4.64. The Morgan fingerprint density at radius 3 is 1.66 bits per heavy atom. The summed E-state index contributed by atoms with van der Waals surface area (Å²) in [6, 6.07) is 68.4. The van der Waals surface area contributed by atoms with Crippen LogP contribution in [-0.4, -0.2) is 7.11 Å². The van der Waals surface area contributed by atoms with Crippen LogP contribution in [0, 0.1) is 11.8 Å². The fourth-order valence-electron chi connectivity index (χ4n) is 9.06. The Morgan fingerprint density at radius 1 is 0.523 bits per heavy atom. The minimum atomic E-state index is 0.757. The van der Waals surface area contributed by atoms with Gasteiger partial charge in [-0.1, -0.05) is 170 Å². The molecule has 0 unspecified atom stereocenters. The van der Waals surface area contributed by atoms with Crippen molar-refractivity contribution in [3.05, 3.63) is 241 Å². The molecule has 0 atom stereocenters. The van der Waals surface area contributed by atoms with Crippen molar-refractivity contribution in [2.24, 2.45) is 0 Å². The smallest absolute Gasteiger partial charge is 0.159 e. The van der Waals surface area contributed by atoms with E-state index in [4.69, 9.17) is 9.15 Å². The number of allylic oxidation sites excluding steroid dienone is 7. The summed E-state index contributed by atoms with van der Waals surface area (Å²) in [5, 5.41) is 2.07. The molecule has 1 aromatic heterocycles. The van der Waals surface area contributed by atoms with Gasteiger partial charge in [0, 0.05) is 51.1 Å². The maximum Gasteiger partial charge on any atom is 0.159 e. The lowest BCUT2D eigenvalue weighted by Gasteiger charge is -2.27. The van der Waals surface area contributed by atoms with Gasteiger partial charge < -0.3 is 19.0 Å². The Balaban J connectivity index is 1.09. The Kier molecular flexibility index (Phi) is 10.5. The van der Waals surface area contributed by atoms with Crippen LogP contribution in [0.15, 0.2) is 246 Å². The quantitative estimate of drug-likeness (QED) is 0.121. The molecule has 11 rings (SSSR count). The molecule has 0 amide bonds. The number of rotatable bonds is 11. The van der Waals surface area contributed by atoms with Crippen molar-refractivity contribution in [2.75, 3.05) is 16.9 Å². The molecule has 0 radical (unpaired) electrons. The van der Waals surface area contributed by atoms with Crippen LogP contribution in [-0.2, 0) is 0 Å². The molecule has 0 saturated heterocycles. The van der Waals surface area contributed by atoms with Gasteiger partial charge >= 0.3 is 0 Å². The van der Waals surface area contributed by atoms with E-state index in [-0.39, 0.29) is 0 Å². The molecule has 0 fully saturated rings. The van der Waals surface area contributed by atoms with Crippen molar-refractivity contribution in [1.82, 2.24) is 0 Å². The SMILES string of the molecule is COc1ccc(N(c2ccc(-c3ccccc3)cc2)c2cccc3c2oc2c(N(C4=CCC(C5=CC=CCC#C5)=C4)c4ccc(-c5ccccc5)cc4)cccc23)cc1-c1ccccc1. The van der Waals surface area contributed by atoms with Gasteiger partial charge in [0.2, 0.25) is 0 Å². The van der Waals surface area contributed by atoms with E-state index in [1.165, 1.54) is 16.7 Å². The van der Waals surface area contributed by atoms with Crippen molar-refractivity contribution in [3.63, 3.8) is 0 Å². The monoisotopic (exact) mass is 836 g/mol. The predicted molar refractivity (Wildman–Crippen MR) is 270 cm³/mol. The van der Waals surface area contributed by atoms with Crippen LogP contribution in [0.3, 0.4) is 0 Å². The molecule has 0 bridgehead atoms. The van der Waals surface area contributed by atoms with Gasteiger partial charge in [-0.05, 0) is 107 Å². The molecule has 65 heavy (non-hydrogen) atoms. The Labute approximate surface area is 380 Å². The van der Waals surface area contributed by atoms with E-state index in [1.54, 1.807) is 7.11 Å². The number of benzene rings is 8. The van der Waals surface area contributed by atoms with E-state index >= 15 is 0 Å². The zero-order chi connectivity index (χ0) is 43.5. The molecule has 0 N–H and O–H groups in total. The molecular weight excluding hydrogens is 793 g/mol. The van der Waals surface area contributed by atoms with Gasteiger partial charge in [0.05, 0.1) is 18.5 Å². The first-order valence-electron chi connectivity index (χ1n) is 22.1. The maximum atomic E-state index is 7.31. The molecule has 9 aromatic rings. The van der Waals surface area contributed by atoms with E-state index in [0.29, 0.717) is 0 Å². The standard InChI is InChI=1S/C61H44N2O2/c1-64-59-40-39-53(42-56(59)48-23-13-6-14-24-48)63(51-36-31-47(32-37-51)44-19-11-5-12-20-44)58-28-16-26-55-54-25-15-27-57(60(54)65-61(55)58)62(50-34-29-46(30-35-50)43-17-9-4-10-18-43)52-38-33-49(41-52)45-21-7-2-3-8-22-45/h2,4-7,9-21,23-32,34-42H,3,33H2,1H3. The zero-order valence-corrected chi connectivity index (χ0v) is 36.0. The highest BCUT2D eigenvalue weighted by Gasteiger charge is 2.26. The lowest BCUT2D eigenvalue weighted by atomic mass is 10.0. The normalized spacial score (nSPS) is 13.1. The van der Waals surface area contributed by atoms with E-state index in [2.05, 4.69) is 240 Å². The highest BCUT2D eigenvalue weighted by Crippen LogP contribution is 2.48. The molecule has 2 aliphatic rings. The van der Waals surface area contributed by atoms with Crippen LogP contribution in [0.5, 0.6) is 5.75 Å². The minimum Gasteiger partial charge on any atom is -0.496 e. The lowest BCUT2D eigenvalue weighted by molar-refractivity contribution is 0.416. The average molecular weight is 837 g/mol. The Hall–Kier alpha value is -8.52. The molecule has 0 saturated carbocycles. The van der Waals surface area contributed by atoms with Crippen molar-refractivity contribution >= 4 is 50.4 Å². The molecule has 2 aliphatic carbocycles. The second-order valence-electron chi connectivity index (χ2n) is 16.2. The van der Waals surface area contributed by atoms with Gasteiger partial charge in [0.25, 0.3) is 0 Å². The number of nitrogens with zero attached hydrogens (tertiary/aromatic N) is 2. The van der Waals surface area contributed by atoms with Crippen molar-refractivity contribution in [3.8, 4) is 51.0 Å². The summed E-state index contributed by atoms with van der Waals surface area (Å²) >= 11 is 0. The fraction of sp³-hybridized carbons (Fsp3) is 0.0492. The number of para-hydroxylation sites is 2. The van der Waals surface area contributed by atoms with Crippen molar-refractivity contribution in [2.45, 2.75) is 12.8 Å². The predicted octanol–water partition coefficient (Wildman–Crippen LogP) is 16.3. The first kappa shape index (κ1) is 39.3. The molecule has 4 heteroatoms. The number of furan rings is 1. The second kappa shape index (κ2) is 17.3. The van der Waals surface area contributed by atoms with Crippen LogP contribution in [0.1, 0.15) is 12.8 Å². The summed E-state index contributed by atoms with van der Waals surface area (Å²) in [5.74, 6) is 7.51. The van der Waals surface area contributed by atoms with Crippen LogP contribution in [0.2, 0.25) is 0 Å². The maximum absolute atomic E-state index is 7.31. The molecule has 310 valence electrons. The van der Waals surface area contributed by atoms with Crippen LogP contribution in [0.25, 0.3) is 55.3 Å². The molecule has 0 aliphatic heterocycles. The number of ether oxygens (including phenoxy) is 1. The fourth-order valence-corrected chi connectivity index (χ4v) is 9.06. The van der Waals surface area contributed by atoms with E-state index in [1.807, 2.05) is 6.07 Å². The third kappa shape index (κ3) is 7.60. The highest BCUT2D eigenvalue weighted by molar-refractivity contribution is 6.14. The van der Waals surface area contributed by atoms with Crippen molar-refractivity contribution < 1.29 is 9.15 Å². The number of anilines is 5. The van der Waals surface area contributed by atoms with Crippen LogP contribution < -0.4 is 14.5 Å². The lowest BCUT2D eigenvalue weighted by Crippen LogP contribution is -2.14. The zero-order valence-electron chi connectivity index (χ0n) is 36.0. The average Bonchev–Trinajstić information content (AvgIpc) is 3.92. The van der Waals surface area contributed by atoms with Gasteiger partial charge in [-0.25, -0.2) is 0 Å². The summed E-state index contributed by atoms with van der Waals surface area (Å²) < 4.78 is 13.3. The Bertz CT molecular complexity index is 3380. The van der Waals surface area contributed by atoms with Gasteiger partial charge in [0.15, 0.2) is 11.2 Å². The van der Waals surface area contributed by atoms with Crippen molar-refractivity contribution in [1.29, 1.82) is 0 Å². The summed E-state index contributed by atoms with van der Waals surface area (Å²) in [5.41, 5.74) is 16.6. The number of hydrogen-bond donors (Lipinski definition) is 0. The third-order valence-electron chi connectivity index (χ3n) is 12.3. The van der Waals surface area contributed by atoms with E-state index in [9.17, 15) is 0 Å². The first-order valence-corrected chi connectivity index (χ1v) is 22.1.